The molecule has 3 heteroatoms. The van der Waals surface area contributed by atoms with E-state index in [2.05, 4.69) is 37.4 Å². The minimum atomic E-state index is 0.130. The lowest BCUT2D eigenvalue weighted by atomic mass is 9.73. The maximum absolute atomic E-state index is 5.15. The van der Waals surface area contributed by atoms with Crippen molar-refractivity contribution in [1.82, 2.24) is 4.90 Å². The van der Waals surface area contributed by atoms with Crippen LogP contribution in [0.2, 0.25) is 0 Å². The van der Waals surface area contributed by atoms with Gasteiger partial charge in [-0.2, -0.15) is 0 Å². The van der Waals surface area contributed by atoms with Gasteiger partial charge in [0.25, 0.3) is 0 Å². The highest BCUT2D eigenvalue weighted by atomic mass is 32.2. The molecule has 1 spiro atoms. The van der Waals surface area contributed by atoms with Gasteiger partial charge in [0, 0.05) is 17.8 Å². The van der Waals surface area contributed by atoms with E-state index in [4.69, 9.17) is 4.99 Å². The van der Waals surface area contributed by atoms with Gasteiger partial charge in [0.2, 0.25) is 0 Å². The molecule has 2 heterocycles. The number of piperidine rings is 1. The minimum absolute atomic E-state index is 0.130. The smallest absolute Gasteiger partial charge is 0.160 e. The van der Waals surface area contributed by atoms with Gasteiger partial charge in [-0.15, -0.1) is 0 Å². The van der Waals surface area contributed by atoms with Crippen LogP contribution in [0.3, 0.4) is 0 Å². The van der Waals surface area contributed by atoms with Crippen LogP contribution < -0.4 is 0 Å². The number of hydrogen-bond donors (Lipinski definition) is 0. The second-order valence-electron chi connectivity index (χ2n) is 7.28. The van der Waals surface area contributed by atoms with Gasteiger partial charge in [-0.1, -0.05) is 18.7 Å². The van der Waals surface area contributed by atoms with Crippen molar-refractivity contribution in [2.45, 2.75) is 76.0 Å². The molecule has 0 aromatic rings. The summed E-state index contributed by atoms with van der Waals surface area (Å²) in [6.07, 6.45) is 9.59. The Hall–Kier alpha value is -0.180. The van der Waals surface area contributed by atoms with E-state index in [1.165, 1.54) is 63.2 Å². The molecule has 1 saturated carbocycles. The molecule has 1 aliphatic carbocycles. The van der Waals surface area contributed by atoms with Crippen LogP contribution in [-0.2, 0) is 0 Å². The first-order valence-corrected chi connectivity index (χ1v) is 8.88. The summed E-state index contributed by atoms with van der Waals surface area (Å²) in [5.74, 6) is 0.918. The average molecular weight is 280 g/mol. The van der Waals surface area contributed by atoms with Crippen LogP contribution in [0.5, 0.6) is 0 Å². The summed E-state index contributed by atoms with van der Waals surface area (Å²) in [4.78, 5) is 7.71. The third kappa shape index (κ3) is 2.43. The molecule has 108 valence electrons. The SMILES string of the molecule is CC1CCC2(CC1)SC(N1CCCCC1)=NC2(C)C. The van der Waals surface area contributed by atoms with Crippen molar-refractivity contribution in [3.8, 4) is 0 Å². The Kier molecular flexibility index (Phi) is 3.61. The summed E-state index contributed by atoms with van der Waals surface area (Å²) in [6, 6.07) is 0. The fourth-order valence-electron chi connectivity index (χ4n) is 3.83. The van der Waals surface area contributed by atoms with E-state index in [1.54, 1.807) is 0 Å². The summed E-state index contributed by atoms with van der Waals surface area (Å²) in [5.41, 5.74) is 0.130. The molecular weight excluding hydrogens is 252 g/mol. The highest BCUT2D eigenvalue weighted by molar-refractivity contribution is 8.15. The topological polar surface area (TPSA) is 15.6 Å². The van der Waals surface area contributed by atoms with Gasteiger partial charge in [-0.3, -0.25) is 4.99 Å². The average Bonchev–Trinajstić information content (AvgIpc) is 2.66. The molecule has 3 aliphatic rings. The van der Waals surface area contributed by atoms with Crippen molar-refractivity contribution < 1.29 is 0 Å². The highest BCUT2D eigenvalue weighted by Gasteiger charge is 2.53. The van der Waals surface area contributed by atoms with Crippen LogP contribution in [0, 0.1) is 5.92 Å². The Bertz CT molecular complexity index is 361. The Morgan fingerprint density at radius 1 is 1.11 bits per heavy atom. The molecule has 0 aromatic heterocycles. The fraction of sp³-hybridized carbons (Fsp3) is 0.938. The first-order chi connectivity index (χ1) is 9.02. The zero-order chi connectivity index (χ0) is 13.5. The van der Waals surface area contributed by atoms with Crippen LogP contribution in [0.4, 0.5) is 0 Å². The molecule has 0 unspecified atom stereocenters. The first-order valence-electron chi connectivity index (χ1n) is 8.06. The molecule has 19 heavy (non-hydrogen) atoms. The van der Waals surface area contributed by atoms with Gasteiger partial charge in [0.1, 0.15) is 0 Å². The zero-order valence-electron chi connectivity index (χ0n) is 12.7. The lowest BCUT2D eigenvalue weighted by Gasteiger charge is -2.43. The molecule has 0 N–H and O–H groups in total. The van der Waals surface area contributed by atoms with E-state index in [0.717, 1.165) is 5.92 Å². The largest absolute Gasteiger partial charge is 0.351 e. The maximum atomic E-state index is 5.15. The molecule has 2 fully saturated rings. The third-order valence-corrected chi connectivity index (χ3v) is 7.32. The lowest BCUT2D eigenvalue weighted by molar-refractivity contribution is 0.245. The molecule has 0 amide bonds. The summed E-state index contributed by atoms with van der Waals surface area (Å²) in [5, 5.41) is 1.36. The number of amidine groups is 1. The van der Waals surface area contributed by atoms with Crippen molar-refractivity contribution in [1.29, 1.82) is 0 Å². The van der Waals surface area contributed by atoms with Gasteiger partial charge < -0.3 is 4.90 Å². The van der Waals surface area contributed by atoms with Crippen LogP contribution in [0.1, 0.15) is 65.7 Å². The zero-order valence-corrected chi connectivity index (χ0v) is 13.6. The second kappa shape index (κ2) is 4.98. The Morgan fingerprint density at radius 3 is 2.37 bits per heavy atom. The summed E-state index contributed by atoms with van der Waals surface area (Å²) in [6.45, 7) is 9.61. The number of thioether (sulfide) groups is 1. The van der Waals surface area contributed by atoms with Crippen molar-refractivity contribution in [2.24, 2.45) is 10.9 Å². The standard InChI is InChI=1S/C16H28N2S/c1-13-7-9-16(10-8-13)15(2,3)17-14(19-16)18-11-5-4-6-12-18/h13H,4-12H2,1-3H3. The molecule has 3 rings (SSSR count). The molecule has 0 bridgehead atoms. The number of aliphatic imine (C=N–C) groups is 1. The van der Waals surface area contributed by atoms with E-state index in [0.29, 0.717) is 4.75 Å². The van der Waals surface area contributed by atoms with Crippen molar-refractivity contribution in [3.63, 3.8) is 0 Å². The third-order valence-electron chi connectivity index (χ3n) is 5.49. The molecule has 0 atom stereocenters. The fourth-order valence-corrected chi connectivity index (χ4v) is 5.50. The molecule has 2 nitrogen and oxygen atoms in total. The minimum Gasteiger partial charge on any atom is -0.351 e. The second-order valence-corrected chi connectivity index (χ2v) is 8.63. The summed E-state index contributed by atoms with van der Waals surface area (Å²) in [7, 11) is 0. The predicted octanol–water partition coefficient (Wildman–Crippen LogP) is 4.30. The van der Waals surface area contributed by atoms with E-state index in [9.17, 15) is 0 Å². The summed E-state index contributed by atoms with van der Waals surface area (Å²) >= 11 is 2.13. The maximum Gasteiger partial charge on any atom is 0.160 e. The van der Waals surface area contributed by atoms with Crippen molar-refractivity contribution >= 4 is 16.9 Å². The quantitative estimate of drug-likeness (QED) is 0.657. The predicted molar refractivity (Wildman–Crippen MR) is 84.9 cm³/mol. The number of nitrogens with zero attached hydrogens (tertiary/aromatic N) is 2. The number of hydrogen-bond acceptors (Lipinski definition) is 3. The van der Waals surface area contributed by atoms with Crippen LogP contribution in [0.15, 0.2) is 4.99 Å². The molecule has 0 aromatic carbocycles. The highest BCUT2D eigenvalue weighted by Crippen LogP contribution is 2.55. The molecular formula is C16H28N2S. The van der Waals surface area contributed by atoms with E-state index in [-0.39, 0.29) is 5.54 Å². The molecule has 2 aliphatic heterocycles. The van der Waals surface area contributed by atoms with Crippen LogP contribution >= 0.6 is 11.8 Å². The molecule has 0 radical (unpaired) electrons. The van der Waals surface area contributed by atoms with E-state index in [1.807, 2.05) is 0 Å². The van der Waals surface area contributed by atoms with Crippen LogP contribution in [-0.4, -0.2) is 33.4 Å². The normalized spacial score (nSPS) is 38.6. The van der Waals surface area contributed by atoms with Gasteiger partial charge >= 0.3 is 0 Å². The first kappa shape index (κ1) is 13.8. The van der Waals surface area contributed by atoms with Gasteiger partial charge in [-0.25, -0.2) is 0 Å². The van der Waals surface area contributed by atoms with Gasteiger partial charge in [-0.05, 0) is 64.7 Å². The van der Waals surface area contributed by atoms with E-state index >= 15 is 0 Å². The summed E-state index contributed by atoms with van der Waals surface area (Å²) < 4.78 is 0.395. The van der Waals surface area contributed by atoms with E-state index < -0.39 is 0 Å². The van der Waals surface area contributed by atoms with Crippen LogP contribution in [0.25, 0.3) is 0 Å². The van der Waals surface area contributed by atoms with Crippen molar-refractivity contribution in [3.05, 3.63) is 0 Å². The Labute approximate surface area is 122 Å². The van der Waals surface area contributed by atoms with Gasteiger partial charge in [0.15, 0.2) is 5.17 Å². The molecule has 1 saturated heterocycles. The van der Waals surface area contributed by atoms with Gasteiger partial charge in [0.05, 0.1) is 5.54 Å². The lowest BCUT2D eigenvalue weighted by Crippen LogP contribution is -2.45. The van der Waals surface area contributed by atoms with Crippen molar-refractivity contribution in [2.75, 3.05) is 13.1 Å². The Balaban J connectivity index is 1.76. The monoisotopic (exact) mass is 280 g/mol. The number of rotatable bonds is 0. The number of likely N-dealkylation sites (tertiary alicyclic amines) is 1. The Morgan fingerprint density at radius 2 is 1.74 bits per heavy atom.